The van der Waals surface area contributed by atoms with Crippen molar-refractivity contribution in [3.8, 4) is 0 Å². The molecule has 0 aliphatic heterocycles. The smallest absolute Gasteiger partial charge is 0.288 e. The van der Waals surface area contributed by atoms with Gasteiger partial charge in [0.15, 0.2) is 0 Å². The molecule has 0 aliphatic rings. The Morgan fingerprint density at radius 2 is 1.69 bits per heavy atom. The Kier molecular flexibility index (Phi) is 3.17. The lowest BCUT2D eigenvalue weighted by Crippen LogP contribution is -2.19. The van der Waals surface area contributed by atoms with Gasteiger partial charge >= 0.3 is 4.59 Å². The van der Waals surface area contributed by atoms with Gasteiger partial charge in [0, 0.05) is 10.6 Å². The molecule has 0 fully saturated rings. The number of hydrogen-bond acceptors (Lipinski definition) is 1. The van der Waals surface area contributed by atoms with Gasteiger partial charge in [-0.2, -0.15) is 4.39 Å². The average Bonchev–Trinajstić information content (AvgIpc) is 2.03. The molecular weight excluding hydrogens is 237 g/mol. The van der Waals surface area contributed by atoms with Crippen LogP contribution in [0.3, 0.4) is 0 Å². The predicted molar refractivity (Wildman–Crippen MR) is 51.3 cm³/mol. The molecule has 0 radical (unpaired) electrons. The predicted octanol–water partition coefficient (Wildman–Crippen LogP) is 3.62. The van der Waals surface area contributed by atoms with Crippen LogP contribution in [0.5, 0.6) is 0 Å². The van der Waals surface area contributed by atoms with Crippen molar-refractivity contribution in [2.75, 3.05) is 0 Å². The molecule has 0 saturated carbocycles. The minimum absolute atomic E-state index is 0.0805. The number of rotatable bonds is 2. The van der Waals surface area contributed by atoms with E-state index in [9.17, 15) is 9.18 Å². The third kappa shape index (κ3) is 2.83. The highest BCUT2D eigenvalue weighted by Crippen LogP contribution is 2.27. The third-order valence-electron chi connectivity index (χ3n) is 1.36. The van der Waals surface area contributed by atoms with Crippen LogP contribution < -0.4 is 0 Å². The minimum Gasteiger partial charge on any atom is -0.288 e. The van der Waals surface area contributed by atoms with Crippen LogP contribution in [0.2, 0.25) is 5.02 Å². The SMILES string of the molecule is O=C(c1ccc(Cl)cc1)C(F)(Cl)Cl. The molecule has 13 heavy (non-hydrogen) atoms. The first-order valence-corrected chi connectivity index (χ1v) is 4.42. The second-order valence-electron chi connectivity index (χ2n) is 2.33. The highest BCUT2D eigenvalue weighted by Gasteiger charge is 2.33. The lowest BCUT2D eigenvalue weighted by atomic mass is 10.1. The molecule has 0 saturated heterocycles. The molecule has 0 N–H and O–H groups in total. The van der Waals surface area contributed by atoms with Crippen LogP contribution in [-0.2, 0) is 0 Å². The van der Waals surface area contributed by atoms with Crippen molar-refractivity contribution in [2.45, 2.75) is 4.59 Å². The van der Waals surface area contributed by atoms with E-state index in [1.165, 1.54) is 24.3 Å². The Morgan fingerprint density at radius 3 is 2.08 bits per heavy atom. The fraction of sp³-hybridized carbons (Fsp3) is 0.125. The topological polar surface area (TPSA) is 17.1 Å². The van der Waals surface area contributed by atoms with Crippen LogP contribution in [-0.4, -0.2) is 10.4 Å². The van der Waals surface area contributed by atoms with E-state index in [1.807, 2.05) is 0 Å². The molecule has 0 heterocycles. The highest BCUT2D eigenvalue weighted by molar-refractivity contribution is 6.58. The van der Waals surface area contributed by atoms with Gasteiger partial charge in [0.1, 0.15) is 0 Å². The summed E-state index contributed by atoms with van der Waals surface area (Å²) in [4.78, 5) is 11.1. The van der Waals surface area contributed by atoms with Crippen LogP contribution in [0.25, 0.3) is 0 Å². The van der Waals surface area contributed by atoms with E-state index < -0.39 is 10.4 Å². The third-order valence-corrected chi connectivity index (χ3v) is 1.96. The molecule has 70 valence electrons. The molecule has 1 aromatic carbocycles. The second-order valence-corrected chi connectivity index (χ2v) is 4.01. The van der Waals surface area contributed by atoms with E-state index in [4.69, 9.17) is 34.8 Å². The van der Waals surface area contributed by atoms with Gasteiger partial charge in [0.2, 0.25) is 5.78 Å². The van der Waals surface area contributed by atoms with Gasteiger partial charge in [-0.3, -0.25) is 4.79 Å². The van der Waals surface area contributed by atoms with Gasteiger partial charge in [0.05, 0.1) is 0 Å². The van der Waals surface area contributed by atoms with Gasteiger partial charge < -0.3 is 0 Å². The molecule has 5 heteroatoms. The van der Waals surface area contributed by atoms with E-state index in [1.54, 1.807) is 0 Å². The largest absolute Gasteiger partial charge is 0.320 e. The molecule has 0 unspecified atom stereocenters. The van der Waals surface area contributed by atoms with Crippen molar-refractivity contribution in [1.82, 2.24) is 0 Å². The number of carbonyl (C=O) groups excluding carboxylic acids is 1. The number of alkyl halides is 3. The summed E-state index contributed by atoms with van der Waals surface area (Å²) in [6.07, 6.45) is 0. The molecule has 1 nitrogen and oxygen atoms in total. The fourth-order valence-corrected chi connectivity index (χ4v) is 1.11. The fourth-order valence-electron chi connectivity index (χ4n) is 0.765. The van der Waals surface area contributed by atoms with Crippen molar-refractivity contribution >= 4 is 40.6 Å². The summed E-state index contributed by atoms with van der Waals surface area (Å²) in [6.45, 7) is 0. The molecule has 0 bridgehead atoms. The summed E-state index contributed by atoms with van der Waals surface area (Å²) in [5.41, 5.74) is 0.0805. The van der Waals surface area contributed by atoms with Crippen molar-refractivity contribution in [1.29, 1.82) is 0 Å². The van der Waals surface area contributed by atoms with Gasteiger partial charge in [-0.15, -0.1) is 0 Å². The van der Waals surface area contributed by atoms with E-state index in [0.717, 1.165) is 0 Å². The maximum absolute atomic E-state index is 12.7. The first-order chi connectivity index (χ1) is 5.91. The van der Waals surface area contributed by atoms with Gasteiger partial charge in [-0.05, 0) is 24.3 Å². The van der Waals surface area contributed by atoms with Gasteiger partial charge in [-0.25, -0.2) is 0 Å². The highest BCUT2D eigenvalue weighted by atomic mass is 35.5. The quantitative estimate of drug-likeness (QED) is 0.571. The van der Waals surface area contributed by atoms with Crippen LogP contribution in [0.1, 0.15) is 10.4 Å². The Hall–Kier alpha value is -0.310. The number of hydrogen-bond donors (Lipinski definition) is 0. The number of ketones is 1. The number of Topliss-reactive ketones (excluding diaryl/α,β-unsaturated/α-hetero) is 1. The lowest BCUT2D eigenvalue weighted by molar-refractivity contribution is 0.0906. The maximum Gasteiger partial charge on any atom is 0.320 e. The number of benzene rings is 1. The van der Waals surface area contributed by atoms with Crippen LogP contribution in [0.4, 0.5) is 4.39 Å². The first kappa shape index (κ1) is 10.8. The van der Waals surface area contributed by atoms with E-state index in [-0.39, 0.29) is 5.56 Å². The summed E-state index contributed by atoms with van der Waals surface area (Å²) in [7, 11) is 0. The molecular formula is C8H4Cl3FO. The van der Waals surface area contributed by atoms with Crippen molar-refractivity contribution in [3.63, 3.8) is 0 Å². The summed E-state index contributed by atoms with van der Waals surface area (Å²) in [5.74, 6) is -0.993. The zero-order chi connectivity index (χ0) is 10.1. The Labute approximate surface area is 89.4 Å². The summed E-state index contributed by atoms with van der Waals surface area (Å²) in [5, 5.41) is 0.449. The monoisotopic (exact) mass is 240 g/mol. The Balaban J connectivity index is 2.97. The average molecular weight is 241 g/mol. The summed E-state index contributed by atoms with van der Waals surface area (Å²) in [6, 6.07) is 5.61. The first-order valence-electron chi connectivity index (χ1n) is 3.28. The van der Waals surface area contributed by atoms with E-state index in [2.05, 4.69) is 0 Å². The summed E-state index contributed by atoms with van der Waals surface area (Å²) >= 11 is 15.5. The van der Waals surface area contributed by atoms with Crippen LogP contribution in [0.15, 0.2) is 24.3 Å². The molecule has 0 aromatic heterocycles. The van der Waals surface area contributed by atoms with Crippen LogP contribution >= 0.6 is 34.8 Å². The van der Waals surface area contributed by atoms with Crippen molar-refractivity contribution in [3.05, 3.63) is 34.9 Å². The molecule has 0 spiro atoms. The molecule has 0 amide bonds. The van der Waals surface area contributed by atoms with Crippen molar-refractivity contribution < 1.29 is 9.18 Å². The van der Waals surface area contributed by atoms with E-state index in [0.29, 0.717) is 5.02 Å². The molecule has 0 aliphatic carbocycles. The van der Waals surface area contributed by atoms with Crippen LogP contribution in [0, 0.1) is 0 Å². The zero-order valence-corrected chi connectivity index (χ0v) is 8.50. The maximum atomic E-state index is 12.7. The Bertz CT molecular complexity index is 315. The Morgan fingerprint density at radius 1 is 1.23 bits per heavy atom. The van der Waals surface area contributed by atoms with Gasteiger partial charge in [-0.1, -0.05) is 34.8 Å². The second kappa shape index (κ2) is 3.82. The van der Waals surface area contributed by atoms with Crippen molar-refractivity contribution in [2.24, 2.45) is 0 Å². The molecule has 1 rings (SSSR count). The normalized spacial score (nSPS) is 11.4. The minimum atomic E-state index is -2.88. The van der Waals surface area contributed by atoms with Gasteiger partial charge in [0.25, 0.3) is 0 Å². The zero-order valence-electron chi connectivity index (χ0n) is 6.23. The molecule has 0 atom stereocenters. The number of halogens is 4. The number of carbonyl (C=O) groups is 1. The summed E-state index contributed by atoms with van der Waals surface area (Å²) < 4.78 is 9.84. The van der Waals surface area contributed by atoms with E-state index >= 15 is 0 Å². The standard InChI is InChI=1S/C8H4Cl3FO/c9-6-3-1-5(2-4-6)7(13)8(10,11)12/h1-4H. The lowest BCUT2D eigenvalue weighted by Gasteiger charge is -2.07. The molecule has 1 aromatic rings.